The Morgan fingerprint density at radius 1 is 1.62 bits per heavy atom. The number of rotatable bonds is 1. The van der Waals surface area contributed by atoms with Gasteiger partial charge < -0.3 is 4.90 Å². The molecule has 0 aliphatic carbocycles. The van der Waals surface area contributed by atoms with Gasteiger partial charge in [0.2, 0.25) is 5.91 Å². The largest absolute Gasteiger partial charge is 0.302 e. The summed E-state index contributed by atoms with van der Waals surface area (Å²) < 4.78 is 0. The fourth-order valence-corrected chi connectivity index (χ4v) is 2.76. The zero-order chi connectivity index (χ0) is 9.42. The minimum absolute atomic E-state index is 0.131. The van der Waals surface area contributed by atoms with Crippen LogP contribution in [0, 0.1) is 5.92 Å². The number of thioether (sulfide) groups is 1. The van der Waals surface area contributed by atoms with Crippen LogP contribution in [0.5, 0.6) is 0 Å². The highest BCUT2D eigenvalue weighted by Gasteiger charge is 2.37. The standard InChI is InChI=1S/C10H13NOS/c1-7(2)9-10(12)11-6-4-3-5-8(11)13-9/h3-5,7,9H,6H2,1-2H3. The molecule has 3 heteroatoms. The molecule has 13 heavy (non-hydrogen) atoms. The summed E-state index contributed by atoms with van der Waals surface area (Å²) in [6.45, 7) is 4.95. The van der Waals surface area contributed by atoms with Gasteiger partial charge in [0.15, 0.2) is 0 Å². The molecule has 1 fully saturated rings. The van der Waals surface area contributed by atoms with Crippen molar-refractivity contribution in [2.75, 3.05) is 6.54 Å². The number of fused-ring (bicyclic) bond motifs is 1. The highest BCUT2D eigenvalue weighted by molar-refractivity contribution is 8.04. The van der Waals surface area contributed by atoms with Crippen LogP contribution in [0.4, 0.5) is 0 Å². The molecular formula is C10H13NOS. The smallest absolute Gasteiger partial charge is 0.241 e. The molecule has 0 spiro atoms. The van der Waals surface area contributed by atoms with Crippen molar-refractivity contribution < 1.29 is 4.79 Å². The third-order valence-electron chi connectivity index (χ3n) is 2.29. The van der Waals surface area contributed by atoms with Crippen molar-refractivity contribution in [1.82, 2.24) is 4.90 Å². The van der Waals surface area contributed by atoms with Gasteiger partial charge in [0.05, 0.1) is 10.3 Å². The van der Waals surface area contributed by atoms with E-state index in [1.165, 1.54) is 0 Å². The maximum atomic E-state index is 11.8. The quantitative estimate of drug-likeness (QED) is 0.638. The molecule has 1 atom stereocenters. The lowest BCUT2D eigenvalue weighted by Crippen LogP contribution is -2.31. The molecule has 2 heterocycles. The average molecular weight is 195 g/mol. The maximum absolute atomic E-state index is 11.8. The van der Waals surface area contributed by atoms with Gasteiger partial charge in [-0.15, -0.1) is 0 Å². The van der Waals surface area contributed by atoms with Crippen LogP contribution in [0.1, 0.15) is 13.8 Å². The van der Waals surface area contributed by atoms with E-state index < -0.39 is 0 Å². The molecule has 2 nitrogen and oxygen atoms in total. The van der Waals surface area contributed by atoms with E-state index >= 15 is 0 Å². The Morgan fingerprint density at radius 3 is 3.00 bits per heavy atom. The van der Waals surface area contributed by atoms with E-state index in [1.54, 1.807) is 11.8 Å². The predicted molar refractivity (Wildman–Crippen MR) is 55.2 cm³/mol. The zero-order valence-corrected chi connectivity index (χ0v) is 8.67. The van der Waals surface area contributed by atoms with Crippen LogP contribution in [0.3, 0.4) is 0 Å². The van der Waals surface area contributed by atoms with E-state index in [9.17, 15) is 4.79 Å². The number of nitrogens with zero attached hydrogens (tertiary/aromatic N) is 1. The van der Waals surface area contributed by atoms with E-state index in [-0.39, 0.29) is 11.2 Å². The summed E-state index contributed by atoms with van der Waals surface area (Å²) in [7, 11) is 0. The second kappa shape index (κ2) is 3.22. The first-order valence-electron chi connectivity index (χ1n) is 4.55. The number of hydrogen-bond acceptors (Lipinski definition) is 2. The first kappa shape index (κ1) is 8.88. The van der Waals surface area contributed by atoms with Gasteiger partial charge in [-0.1, -0.05) is 37.8 Å². The summed E-state index contributed by atoms with van der Waals surface area (Å²) in [5, 5.41) is 1.25. The van der Waals surface area contributed by atoms with Crippen LogP contribution in [-0.2, 0) is 4.79 Å². The SMILES string of the molecule is CC(C)C1SC2=CC=CCN2C1=O. The summed E-state index contributed by atoms with van der Waals surface area (Å²) in [5.74, 6) is 0.694. The van der Waals surface area contributed by atoms with Crippen LogP contribution in [0.15, 0.2) is 23.3 Å². The van der Waals surface area contributed by atoms with Gasteiger partial charge in [0, 0.05) is 6.54 Å². The first-order chi connectivity index (χ1) is 6.20. The number of carbonyl (C=O) groups excluding carboxylic acids is 1. The first-order valence-corrected chi connectivity index (χ1v) is 5.43. The molecule has 70 valence electrons. The monoisotopic (exact) mass is 195 g/mol. The topological polar surface area (TPSA) is 20.3 Å². The van der Waals surface area contributed by atoms with Crippen molar-refractivity contribution in [1.29, 1.82) is 0 Å². The van der Waals surface area contributed by atoms with E-state index in [0.29, 0.717) is 5.92 Å². The van der Waals surface area contributed by atoms with E-state index in [2.05, 4.69) is 13.8 Å². The molecular weight excluding hydrogens is 182 g/mol. The van der Waals surface area contributed by atoms with Crippen molar-refractivity contribution >= 4 is 17.7 Å². The fourth-order valence-electron chi connectivity index (χ4n) is 1.55. The fraction of sp³-hybridized carbons (Fsp3) is 0.500. The number of allylic oxidation sites excluding steroid dienone is 2. The zero-order valence-electron chi connectivity index (χ0n) is 7.86. The third kappa shape index (κ3) is 1.41. The highest BCUT2D eigenvalue weighted by atomic mass is 32.2. The summed E-state index contributed by atoms with van der Waals surface area (Å²) in [4.78, 5) is 13.7. The van der Waals surface area contributed by atoms with Crippen LogP contribution >= 0.6 is 11.8 Å². The van der Waals surface area contributed by atoms with Gasteiger partial charge in [-0.25, -0.2) is 0 Å². The summed E-state index contributed by atoms with van der Waals surface area (Å²) in [6, 6.07) is 0. The molecule has 0 bridgehead atoms. The second-order valence-corrected chi connectivity index (χ2v) is 4.83. The van der Waals surface area contributed by atoms with Crippen molar-refractivity contribution in [3.63, 3.8) is 0 Å². The van der Waals surface area contributed by atoms with E-state index in [1.807, 2.05) is 23.1 Å². The van der Waals surface area contributed by atoms with Gasteiger partial charge in [-0.3, -0.25) is 4.79 Å². The van der Waals surface area contributed by atoms with Gasteiger partial charge in [-0.2, -0.15) is 0 Å². The predicted octanol–water partition coefficient (Wildman–Crippen LogP) is 2.00. The van der Waals surface area contributed by atoms with Gasteiger partial charge in [0.25, 0.3) is 0 Å². The van der Waals surface area contributed by atoms with Gasteiger partial charge in [-0.05, 0) is 12.0 Å². The van der Waals surface area contributed by atoms with E-state index in [0.717, 1.165) is 11.6 Å². The lowest BCUT2D eigenvalue weighted by Gasteiger charge is -2.17. The van der Waals surface area contributed by atoms with Crippen LogP contribution in [0.25, 0.3) is 0 Å². The van der Waals surface area contributed by atoms with Gasteiger partial charge >= 0.3 is 0 Å². The Bertz CT molecular complexity index is 293. The molecule has 2 aliphatic heterocycles. The molecule has 0 aromatic carbocycles. The average Bonchev–Trinajstić information content (AvgIpc) is 2.45. The van der Waals surface area contributed by atoms with Crippen LogP contribution in [-0.4, -0.2) is 22.6 Å². The van der Waals surface area contributed by atoms with Crippen molar-refractivity contribution in [2.45, 2.75) is 19.1 Å². The molecule has 0 aromatic heterocycles. The molecule has 1 saturated heterocycles. The Hall–Kier alpha value is -0.700. The third-order valence-corrected chi connectivity index (χ3v) is 3.89. The summed E-state index contributed by atoms with van der Waals surface area (Å²) >= 11 is 1.70. The maximum Gasteiger partial charge on any atom is 0.241 e. The van der Waals surface area contributed by atoms with Crippen molar-refractivity contribution in [3.05, 3.63) is 23.3 Å². The minimum atomic E-state index is 0.131. The molecule has 0 saturated carbocycles. The van der Waals surface area contributed by atoms with Crippen LogP contribution < -0.4 is 0 Å². The lowest BCUT2D eigenvalue weighted by molar-refractivity contribution is -0.127. The molecule has 1 unspecified atom stereocenters. The van der Waals surface area contributed by atoms with E-state index in [4.69, 9.17) is 0 Å². The summed E-state index contributed by atoms with van der Waals surface area (Å²) in [5.41, 5.74) is 0. The second-order valence-electron chi connectivity index (χ2n) is 3.66. The Kier molecular flexibility index (Phi) is 2.20. The number of carbonyl (C=O) groups is 1. The minimum Gasteiger partial charge on any atom is -0.302 e. The van der Waals surface area contributed by atoms with Crippen LogP contribution in [0.2, 0.25) is 0 Å². The lowest BCUT2D eigenvalue weighted by atomic mass is 10.1. The number of hydrogen-bond donors (Lipinski definition) is 0. The van der Waals surface area contributed by atoms with Gasteiger partial charge in [0.1, 0.15) is 0 Å². The molecule has 0 radical (unpaired) electrons. The van der Waals surface area contributed by atoms with Crippen molar-refractivity contribution in [3.8, 4) is 0 Å². The molecule has 2 rings (SSSR count). The normalized spacial score (nSPS) is 26.7. The number of amides is 1. The summed E-state index contributed by atoms with van der Waals surface area (Å²) in [6.07, 6.45) is 6.06. The molecule has 1 amide bonds. The Labute approximate surface area is 82.7 Å². The molecule has 0 aromatic rings. The highest BCUT2D eigenvalue weighted by Crippen LogP contribution is 2.39. The molecule has 2 aliphatic rings. The molecule has 0 N–H and O–H groups in total. The Balaban J connectivity index is 2.22. The Morgan fingerprint density at radius 2 is 2.38 bits per heavy atom. The van der Waals surface area contributed by atoms with Crippen molar-refractivity contribution in [2.24, 2.45) is 5.92 Å².